The van der Waals surface area contributed by atoms with Gasteiger partial charge in [-0.2, -0.15) is 0 Å². The van der Waals surface area contributed by atoms with Crippen LogP contribution in [-0.2, 0) is 0 Å². The maximum absolute atomic E-state index is 14.1. The molecule has 0 atom stereocenters. The highest BCUT2D eigenvalue weighted by Crippen LogP contribution is 2.32. The molecule has 100 valence electrons. The van der Waals surface area contributed by atoms with Gasteiger partial charge in [-0.15, -0.1) is 0 Å². The lowest BCUT2D eigenvalue weighted by atomic mass is 9.99. The summed E-state index contributed by atoms with van der Waals surface area (Å²) in [6.07, 6.45) is 1.75. The van der Waals surface area contributed by atoms with Crippen molar-refractivity contribution in [1.82, 2.24) is 4.98 Å². The van der Waals surface area contributed by atoms with E-state index >= 15 is 0 Å². The lowest BCUT2D eigenvalue weighted by Crippen LogP contribution is -1.90. The standard InChI is InChI=1S/C19H12FN/c20-18-8-4-3-7-17(18)19-16-10-9-13-5-1-2-6-14(13)15(16)11-12-21-19/h1-12H. The van der Waals surface area contributed by atoms with E-state index in [-0.39, 0.29) is 5.82 Å². The Bertz CT molecular complexity index is 960. The normalized spacial score (nSPS) is 11.1. The lowest BCUT2D eigenvalue weighted by Gasteiger charge is -2.09. The third-order valence-corrected chi connectivity index (χ3v) is 3.80. The molecule has 2 heteroatoms. The van der Waals surface area contributed by atoms with E-state index in [1.807, 2.05) is 30.3 Å². The molecule has 0 aliphatic rings. The van der Waals surface area contributed by atoms with Crippen LogP contribution in [0.15, 0.2) is 72.9 Å². The van der Waals surface area contributed by atoms with Crippen molar-refractivity contribution < 1.29 is 4.39 Å². The second kappa shape index (κ2) is 4.67. The van der Waals surface area contributed by atoms with Crippen molar-refractivity contribution in [2.45, 2.75) is 0 Å². The van der Waals surface area contributed by atoms with E-state index in [0.29, 0.717) is 11.3 Å². The number of hydrogen-bond acceptors (Lipinski definition) is 1. The summed E-state index contributed by atoms with van der Waals surface area (Å²) < 4.78 is 14.1. The Morgan fingerprint density at radius 3 is 2.38 bits per heavy atom. The molecular weight excluding hydrogens is 261 g/mol. The SMILES string of the molecule is Fc1ccccc1-c1nccc2c1ccc1ccccc12. The van der Waals surface area contributed by atoms with E-state index in [1.54, 1.807) is 18.3 Å². The number of rotatable bonds is 1. The molecule has 0 spiro atoms. The summed E-state index contributed by atoms with van der Waals surface area (Å²) in [7, 11) is 0. The van der Waals surface area contributed by atoms with Crippen molar-refractivity contribution in [2.75, 3.05) is 0 Å². The molecule has 1 nitrogen and oxygen atoms in total. The van der Waals surface area contributed by atoms with Crippen LogP contribution >= 0.6 is 0 Å². The van der Waals surface area contributed by atoms with Gasteiger partial charge in [0, 0.05) is 17.1 Å². The second-order valence-corrected chi connectivity index (χ2v) is 5.02. The van der Waals surface area contributed by atoms with Crippen molar-refractivity contribution in [3.8, 4) is 11.3 Å². The fourth-order valence-electron chi connectivity index (χ4n) is 2.81. The van der Waals surface area contributed by atoms with Crippen LogP contribution in [0.1, 0.15) is 0 Å². The Hall–Kier alpha value is -2.74. The smallest absolute Gasteiger partial charge is 0.132 e. The largest absolute Gasteiger partial charge is 0.255 e. The van der Waals surface area contributed by atoms with Gasteiger partial charge in [0.25, 0.3) is 0 Å². The van der Waals surface area contributed by atoms with E-state index in [2.05, 4.69) is 23.2 Å². The molecule has 4 rings (SSSR count). The highest BCUT2D eigenvalue weighted by atomic mass is 19.1. The molecule has 0 unspecified atom stereocenters. The zero-order valence-corrected chi connectivity index (χ0v) is 11.3. The fourth-order valence-corrected chi connectivity index (χ4v) is 2.81. The van der Waals surface area contributed by atoms with E-state index in [4.69, 9.17) is 0 Å². The first kappa shape index (κ1) is 12.0. The van der Waals surface area contributed by atoms with Crippen molar-refractivity contribution in [3.63, 3.8) is 0 Å². The monoisotopic (exact) mass is 273 g/mol. The molecule has 0 aliphatic heterocycles. The van der Waals surface area contributed by atoms with Crippen LogP contribution in [0.2, 0.25) is 0 Å². The van der Waals surface area contributed by atoms with Gasteiger partial charge >= 0.3 is 0 Å². The van der Waals surface area contributed by atoms with Gasteiger partial charge in [0.05, 0.1) is 5.69 Å². The van der Waals surface area contributed by atoms with Crippen LogP contribution in [0, 0.1) is 5.82 Å². The van der Waals surface area contributed by atoms with Crippen LogP contribution in [0.25, 0.3) is 32.8 Å². The Morgan fingerprint density at radius 1 is 0.667 bits per heavy atom. The first-order chi connectivity index (χ1) is 10.3. The maximum atomic E-state index is 14.1. The predicted octanol–water partition coefficient (Wildman–Crippen LogP) is 5.19. The van der Waals surface area contributed by atoms with Gasteiger partial charge in [-0.25, -0.2) is 4.39 Å². The van der Waals surface area contributed by atoms with Gasteiger partial charge in [0.2, 0.25) is 0 Å². The summed E-state index contributed by atoms with van der Waals surface area (Å²) in [4.78, 5) is 4.40. The first-order valence-electron chi connectivity index (χ1n) is 6.86. The quantitative estimate of drug-likeness (QED) is 0.435. The average Bonchev–Trinajstić information content (AvgIpc) is 2.55. The summed E-state index contributed by atoms with van der Waals surface area (Å²) in [6.45, 7) is 0. The Balaban J connectivity index is 2.12. The third kappa shape index (κ3) is 1.88. The number of aromatic nitrogens is 1. The number of benzene rings is 3. The van der Waals surface area contributed by atoms with Crippen LogP contribution in [0.5, 0.6) is 0 Å². The topological polar surface area (TPSA) is 12.9 Å². The van der Waals surface area contributed by atoms with Gasteiger partial charge in [-0.05, 0) is 34.4 Å². The third-order valence-electron chi connectivity index (χ3n) is 3.80. The molecule has 0 N–H and O–H groups in total. The van der Waals surface area contributed by atoms with Crippen molar-refractivity contribution in [3.05, 3.63) is 78.7 Å². The van der Waals surface area contributed by atoms with Crippen LogP contribution < -0.4 is 0 Å². The summed E-state index contributed by atoms with van der Waals surface area (Å²) >= 11 is 0. The minimum atomic E-state index is -0.245. The van der Waals surface area contributed by atoms with Gasteiger partial charge in [0.1, 0.15) is 5.82 Å². The molecule has 21 heavy (non-hydrogen) atoms. The summed E-state index contributed by atoms with van der Waals surface area (Å²) in [5.74, 6) is -0.245. The zero-order valence-electron chi connectivity index (χ0n) is 11.3. The van der Waals surface area contributed by atoms with E-state index in [9.17, 15) is 4.39 Å². The first-order valence-corrected chi connectivity index (χ1v) is 6.86. The van der Waals surface area contributed by atoms with Crippen molar-refractivity contribution in [1.29, 1.82) is 0 Å². The molecular formula is C19H12FN. The minimum Gasteiger partial charge on any atom is -0.255 e. The Kier molecular flexibility index (Phi) is 2.68. The van der Waals surface area contributed by atoms with Gasteiger partial charge < -0.3 is 0 Å². The molecule has 0 fully saturated rings. The average molecular weight is 273 g/mol. The number of hydrogen-bond donors (Lipinski definition) is 0. The van der Waals surface area contributed by atoms with Crippen molar-refractivity contribution >= 4 is 21.5 Å². The summed E-state index contributed by atoms with van der Waals surface area (Å²) in [6, 6.07) is 21.0. The molecule has 4 aromatic rings. The zero-order chi connectivity index (χ0) is 14.2. The summed E-state index contributed by atoms with van der Waals surface area (Å²) in [5, 5.41) is 4.41. The number of nitrogens with zero attached hydrogens (tertiary/aromatic N) is 1. The van der Waals surface area contributed by atoms with E-state index < -0.39 is 0 Å². The number of halogens is 1. The molecule has 0 amide bonds. The van der Waals surface area contributed by atoms with Crippen LogP contribution in [-0.4, -0.2) is 4.98 Å². The number of fused-ring (bicyclic) bond motifs is 3. The number of pyridine rings is 1. The molecule has 0 aliphatic carbocycles. The Morgan fingerprint density at radius 2 is 1.48 bits per heavy atom. The minimum absolute atomic E-state index is 0.245. The van der Waals surface area contributed by atoms with Crippen LogP contribution in [0.3, 0.4) is 0 Å². The molecule has 1 aromatic heterocycles. The fraction of sp³-hybridized carbons (Fsp3) is 0. The van der Waals surface area contributed by atoms with Crippen LogP contribution in [0.4, 0.5) is 4.39 Å². The molecule has 0 saturated heterocycles. The maximum Gasteiger partial charge on any atom is 0.132 e. The van der Waals surface area contributed by atoms with Gasteiger partial charge in [0.15, 0.2) is 0 Å². The lowest BCUT2D eigenvalue weighted by molar-refractivity contribution is 0.631. The van der Waals surface area contributed by atoms with E-state index in [0.717, 1.165) is 16.2 Å². The predicted molar refractivity (Wildman–Crippen MR) is 84.6 cm³/mol. The molecule has 3 aromatic carbocycles. The van der Waals surface area contributed by atoms with Gasteiger partial charge in [-0.3, -0.25) is 4.98 Å². The molecule has 0 radical (unpaired) electrons. The van der Waals surface area contributed by atoms with Gasteiger partial charge in [-0.1, -0.05) is 48.5 Å². The highest BCUT2D eigenvalue weighted by Gasteiger charge is 2.10. The molecule has 0 saturated carbocycles. The summed E-state index contributed by atoms with van der Waals surface area (Å²) in [5.41, 5.74) is 1.23. The second-order valence-electron chi connectivity index (χ2n) is 5.02. The molecule has 1 heterocycles. The van der Waals surface area contributed by atoms with Crippen molar-refractivity contribution in [2.24, 2.45) is 0 Å². The van der Waals surface area contributed by atoms with E-state index in [1.165, 1.54) is 11.5 Å². The molecule has 0 bridgehead atoms. The Labute approximate surface area is 121 Å². The highest BCUT2D eigenvalue weighted by molar-refractivity contribution is 6.11.